The van der Waals surface area contributed by atoms with Gasteiger partial charge in [-0.25, -0.2) is 4.98 Å². The van der Waals surface area contributed by atoms with Crippen molar-refractivity contribution in [1.82, 2.24) is 15.0 Å². The van der Waals surface area contributed by atoms with Crippen molar-refractivity contribution < 1.29 is 95.3 Å². The van der Waals surface area contributed by atoms with E-state index < -0.39 is 40.5 Å². The van der Waals surface area contributed by atoms with E-state index in [1.807, 2.05) is 0 Å². The van der Waals surface area contributed by atoms with Crippen LogP contribution in [0.15, 0.2) is 137 Å². The molecule has 0 fully saturated rings. The summed E-state index contributed by atoms with van der Waals surface area (Å²) in [5.41, 5.74) is 0.780. The third-order valence-corrected chi connectivity index (χ3v) is 15.5. The third-order valence-electron chi connectivity index (χ3n) is 10.2. The number of aliphatic hydroxyl groups is 1. The standard InChI is InChI=1S/C43H40N8O15S4.CH3.Na/c1-63-67(55,56)37-9-5-7-29-31(37)21-27(23-39(29)69(59,60)65-3)48-50-33-13-11-25(17-35(33)53)19-41-45-42(47-43(46-41)44-15-16-52)20-26-12-14-34(36(54)18-26)51-49-28-22-32-30(40(24-28)70(61,62)66-4)8-6-10-38(32)68(57,58)64-2;;/h5-14,17-18,21-24,52-54H,15-16,19-20H2,1-4H3,(H,44,45,46,47);1H3;/q;-1;+1. The van der Waals surface area contributed by atoms with Gasteiger partial charge in [-0.3, -0.25) is 16.7 Å². The smallest absolute Gasteiger partial charge is 0.506 e. The average Bonchev–Trinajstić information content (AvgIpc) is 3.34. The minimum absolute atomic E-state index is 0. The van der Waals surface area contributed by atoms with E-state index in [9.17, 15) is 49.0 Å². The van der Waals surface area contributed by atoms with Gasteiger partial charge in [0.1, 0.15) is 54.1 Å². The Morgan fingerprint density at radius 1 is 0.500 bits per heavy atom. The van der Waals surface area contributed by atoms with E-state index in [-0.39, 0.29) is 156 Å². The predicted octanol–water partition coefficient (Wildman–Crippen LogP) is 3.80. The van der Waals surface area contributed by atoms with Crippen LogP contribution in [0.2, 0.25) is 0 Å². The number of nitrogens with zero attached hydrogens (tertiary/aromatic N) is 7. The molecule has 0 aliphatic carbocycles. The summed E-state index contributed by atoms with van der Waals surface area (Å²) < 4.78 is 121. The molecule has 7 aromatic rings. The number of hydrogen-bond acceptors (Lipinski definition) is 23. The molecular formula is C44H43N8NaO15S4. The van der Waals surface area contributed by atoms with Crippen LogP contribution in [0.5, 0.6) is 11.5 Å². The zero-order valence-electron chi connectivity index (χ0n) is 39.1. The van der Waals surface area contributed by atoms with E-state index >= 15 is 0 Å². The number of rotatable bonds is 19. The molecule has 4 N–H and O–H groups in total. The van der Waals surface area contributed by atoms with Crippen molar-refractivity contribution in [3.63, 3.8) is 0 Å². The molecule has 0 amide bonds. The maximum absolute atomic E-state index is 12.9. The molecule has 0 saturated carbocycles. The average molecular weight is 1080 g/mol. The summed E-state index contributed by atoms with van der Waals surface area (Å²) in [5.74, 6) is -0.0626. The van der Waals surface area contributed by atoms with Gasteiger partial charge in [0, 0.05) is 40.9 Å². The van der Waals surface area contributed by atoms with E-state index in [1.165, 1.54) is 72.8 Å². The van der Waals surface area contributed by atoms with Crippen LogP contribution in [0.4, 0.5) is 28.7 Å². The van der Waals surface area contributed by atoms with Crippen molar-refractivity contribution in [2.75, 3.05) is 46.9 Å². The molecule has 0 aliphatic rings. The minimum atomic E-state index is -4.37. The molecule has 0 atom stereocenters. The molecule has 7 rings (SSSR count). The number of benzene rings is 6. The number of nitrogens with one attached hydrogen (secondary N) is 1. The molecule has 6 aromatic carbocycles. The largest absolute Gasteiger partial charge is 1.00 e. The Morgan fingerprint density at radius 2 is 0.889 bits per heavy atom. The fourth-order valence-electron chi connectivity index (χ4n) is 6.93. The van der Waals surface area contributed by atoms with Gasteiger partial charge in [0.05, 0.1) is 46.4 Å². The molecule has 0 radical (unpaired) electrons. The first-order chi connectivity index (χ1) is 33.2. The second-order valence-corrected chi connectivity index (χ2v) is 21.3. The molecule has 28 heteroatoms. The quantitative estimate of drug-likeness (QED) is 0.0387. The van der Waals surface area contributed by atoms with Crippen molar-refractivity contribution in [2.45, 2.75) is 32.4 Å². The van der Waals surface area contributed by atoms with Crippen LogP contribution in [-0.4, -0.2) is 106 Å². The number of anilines is 1. The summed E-state index contributed by atoms with van der Waals surface area (Å²) >= 11 is 0. The number of phenols is 2. The topological polar surface area (TPSA) is 334 Å². The Bertz CT molecular complexity index is 3480. The van der Waals surface area contributed by atoms with Gasteiger partial charge < -0.3 is 28.1 Å². The Morgan fingerprint density at radius 3 is 1.25 bits per heavy atom. The number of aliphatic hydroxyl groups excluding tert-OH is 1. The van der Waals surface area contributed by atoms with E-state index in [4.69, 9.17) is 8.37 Å². The van der Waals surface area contributed by atoms with E-state index in [1.54, 1.807) is 12.1 Å². The van der Waals surface area contributed by atoms with E-state index in [2.05, 4.69) is 49.1 Å². The summed E-state index contributed by atoms with van der Waals surface area (Å²) in [6, 6.07) is 21.7. The van der Waals surface area contributed by atoms with Crippen LogP contribution >= 0.6 is 0 Å². The first-order valence-electron chi connectivity index (χ1n) is 20.1. The zero-order chi connectivity index (χ0) is 50.6. The monoisotopic (exact) mass is 1070 g/mol. The third kappa shape index (κ3) is 12.6. The molecule has 0 aliphatic heterocycles. The summed E-state index contributed by atoms with van der Waals surface area (Å²) in [6.07, 6.45) is 0.110. The van der Waals surface area contributed by atoms with Crippen molar-refractivity contribution in [1.29, 1.82) is 0 Å². The molecule has 374 valence electrons. The number of fused-ring (bicyclic) bond motifs is 2. The number of aromatic hydroxyl groups is 2. The van der Waals surface area contributed by atoms with E-state index in [0.717, 1.165) is 40.6 Å². The normalized spacial score (nSPS) is 12.3. The van der Waals surface area contributed by atoms with Crippen molar-refractivity contribution in [3.05, 3.63) is 127 Å². The molecule has 0 bridgehead atoms. The summed E-state index contributed by atoms with van der Waals surface area (Å²) in [7, 11) is -13.5. The molecule has 23 nitrogen and oxygen atoms in total. The van der Waals surface area contributed by atoms with Gasteiger partial charge >= 0.3 is 29.6 Å². The fourth-order valence-corrected chi connectivity index (χ4v) is 10.4. The Balaban J connectivity index is 0.00000481. The molecular weight excluding hydrogens is 1030 g/mol. The van der Waals surface area contributed by atoms with Gasteiger partial charge in [-0.15, -0.1) is 10.2 Å². The Kier molecular flexibility index (Phi) is 18.4. The zero-order valence-corrected chi connectivity index (χ0v) is 44.3. The molecule has 0 unspecified atom stereocenters. The number of azo groups is 2. The first-order valence-corrected chi connectivity index (χ1v) is 25.8. The fraction of sp³-hybridized carbons (Fsp3) is 0.182. The molecule has 0 spiro atoms. The SMILES string of the molecule is COS(=O)(=O)c1cc(N=Nc2ccc(Cc3nc(Cc4ccc(N=Nc5cc(S(=O)(=O)OC)c6cccc(S(=O)(=O)OC)c6c5)c(O)c4)nc(NCCO)n3)cc2O)cc2c(S(=O)(=O)OC)cccc12.[CH3-].[Na+]. The minimum Gasteiger partial charge on any atom is -0.506 e. The molecule has 72 heavy (non-hydrogen) atoms. The number of hydrogen-bond donors (Lipinski definition) is 4. The van der Waals surface area contributed by atoms with Crippen molar-refractivity contribution in [3.8, 4) is 11.5 Å². The van der Waals surface area contributed by atoms with Crippen LogP contribution in [-0.2, 0) is 70.0 Å². The maximum atomic E-state index is 12.9. The first kappa shape index (κ1) is 57.0. The molecule has 0 saturated heterocycles. The Hall–Kier alpha value is -5.95. The molecule has 1 aromatic heterocycles. The summed E-state index contributed by atoms with van der Waals surface area (Å²) in [6.45, 7) is -0.139. The van der Waals surface area contributed by atoms with Crippen LogP contribution in [0.3, 0.4) is 0 Å². The van der Waals surface area contributed by atoms with Crippen LogP contribution in [0.1, 0.15) is 22.8 Å². The van der Waals surface area contributed by atoms with Crippen LogP contribution in [0.25, 0.3) is 21.5 Å². The predicted molar refractivity (Wildman–Crippen MR) is 257 cm³/mol. The summed E-state index contributed by atoms with van der Waals surface area (Å²) in [4.78, 5) is 12.0. The van der Waals surface area contributed by atoms with Crippen molar-refractivity contribution in [2.24, 2.45) is 20.5 Å². The van der Waals surface area contributed by atoms with E-state index in [0.29, 0.717) is 11.1 Å². The second kappa shape index (κ2) is 23.3. The van der Waals surface area contributed by atoms with Crippen LogP contribution < -0.4 is 34.9 Å². The molecule has 1 heterocycles. The Labute approximate surface area is 436 Å². The van der Waals surface area contributed by atoms with Gasteiger partial charge in [0.2, 0.25) is 5.95 Å². The van der Waals surface area contributed by atoms with Gasteiger partial charge in [0.25, 0.3) is 40.5 Å². The van der Waals surface area contributed by atoms with Gasteiger partial charge in [0.15, 0.2) is 0 Å². The maximum Gasteiger partial charge on any atom is 1.00 e. The van der Waals surface area contributed by atoms with Crippen LogP contribution in [0, 0.1) is 7.43 Å². The number of aromatic nitrogens is 3. The van der Waals surface area contributed by atoms with Gasteiger partial charge in [-0.2, -0.15) is 53.9 Å². The van der Waals surface area contributed by atoms with Gasteiger partial charge in [-0.05, 0) is 71.8 Å². The number of phenolic OH excluding ortho intramolecular Hbond substituents is 2. The summed E-state index contributed by atoms with van der Waals surface area (Å²) in [5, 5.41) is 50.7. The van der Waals surface area contributed by atoms with Gasteiger partial charge in [-0.1, -0.05) is 36.4 Å². The van der Waals surface area contributed by atoms with Crippen molar-refractivity contribution >= 4 is 90.7 Å². The second-order valence-electron chi connectivity index (χ2n) is 14.6.